The van der Waals surface area contributed by atoms with Crippen LogP contribution in [-0.2, 0) is 27.8 Å². The number of hydrogen-bond acceptors (Lipinski definition) is 7. The van der Waals surface area contributed by atoms with E-state index in [1.54, 1.807) is 18.3 Å². The number of anilines is 2. The molecular weight excluding hydrogens is 434 g/mol. The Morgan fingerprint density at radius 1 is 1.23 bits per heavy atom. The number of aromatic nitrogens is 3. The molecule has 3 aromatic rings. The van der Waals surface area contributed by atoms with Gasteiger partial charge in [0.05, 0.1) is 46.7 Å². The van der Waals surface area contributed by atoms with Gasteiger partial charge in [0.15, 0.2) is 5.13 Å². The van der Waals surface area contributed by atoms with Crippen LogP contribution in [-0.4, -0.2) is 35.4 Å². The molecule has 0 spiro atoms. The smallest absolute Gasteiger partial charge is 0.236 e. The molecule has 0 bridgehead atoms. The highest BCUT2D eigenvalue weighted by Gasteiger charge is 2.33. The van der Waals surface area contributed by atoms with Gasteiger partial charge in [0.25, 0.3) is 0 Å². The van der Waals surface area contributed by atoms with Crippen molar-refractivity contribution in [3.8, 4) is 11.3 Å². The van der Waals surface area contributed by atoms with Gasteiger partial charge in [-0.3, -0.25) is 14.5 Å². The average molecular weight is 458 g/mol. The molecule has 1 fully saturated rings. The van der Waals surface area contributed by atoms with E-state index in [2.05, 4.69) is 25.0 Å². The number of nitrogens with zero attached hydrogens (tertiary/aromatic N) is 3. The quantitative estimate of drug-likeness (QED) is 0.478. The maximum Gasteiger partial charge on any atom is 0.236 e. The zero-order chi connectivity index (χ0) is 22.0. The Labute approximate surface area is 186 Å². The number of nitrogens with one attached hydrogen (secondary N) is 2. The highest BCUT2D eigenvalue weighted by Crippen LogP contribution is 2.31. The second-order valence-corrected chi connectivity index (χ2v) is 10.2. The van der Waals surface area contributed by atoms with Crippen LogP contribution in [0.4, 0.5) is 10.8 Å². The SMILES string of the molecule is CC(C)(C(=O)Nc1ccc(-c2cncc(CO)n2)cc1)c1csc(NS(=O)C2CC2)n1. The van der Waals surface area contributed by atoms with Crippen molar-refractivity contribution >= 4 is 39.0 Å². The van der Waals surface area contributed by atoms with Gasteiger partial charge in [-0.2, -0.15) is 0 Å². The predicted octanol–water partition coefficient (Wildman–Crippen LogP) is 3.25. The number of carbonyl (C=O) groups is 1. The molecule has 8 nitrogen and oxygen atoms in total. The van der Waals surface area contributed by atoms with E-state index in [9.17, 15) is 14.1 Å². The number of hydrogen-bond donors (Lipinski definition) is 3. The molecule has 1 aromatic carbocycles. The zero-order valence-electron chi connectivity index (χ0n) is 17.2. The summed E-state index contributed by atoms with van der Waals surface area (Å²) < 4.78 is 15.0. The number of thiazole rings is 1. The maximum atomic E-state index is 12.9. The molecule has 3 N–H and O–H groups in total. The summed E-state index contributed by atoms with van der Waals surface area (Å²) in [5, 5.41) is 14.7. The largest absolute Gasteiger partial charge is 0.390 e. The Morgan fingerprint density at radius 3 is 2.65 bits per heavy atom. The van der Waals surface area contributed by atoms with Crippen molar-refractivity contribution in [2.45, 2.75) is 44.0 Å². The van der Waals surface area contributed by atoms with Crippen LogP contribution in [0, 0.1) is 0 Å². The van der Waals surface area contributed by atoms with Crippen LogP contribution in [0.3, 0.4) is 0 Å². The molecule has 162 valence electrons. The minimum atomic E-state index is -1.11. The number of amides is 1. The molecule has 4 rings (SSSR count). The Bertz CT molecular complexity index is 1110. The first-order valence-corrected chi connectivity index (χ1v) is 11.9. The predicted molar refractivity (Wildman–Crippen MR) is 122 cm³/mol. The van der Waals surface area contributed by atoms with Gasteiger partial charge in [-0.15, -0.1) is 11.3 Å². The van der Waals surface area contributed by atoms with Crippen LogP contribution in [0.1, 0.15) is 38.1 Å². The molecule has 2 aromatic heterocycles. The summed E-state index contributed by atoms with van der Waals surface area (Å²) >= 11 is 1.35. The maximum absolute atomic E-state index is 12.9. The van der Waals surface area contributed by atoms with Crippen LogP contribution >= 0.6 is 11.3 Å². The lowest BCUT2D eigenvalue weighted by Gasteiger charge is -2.21. The lowest BCUT2D eigenvalue weighted by atomic mass is 9.89. The topological polar surface area (TPSA) is 117 Å². The van der Waals surface area contributed by atoms with Gasteiger partial charge in [0, 0.05) is 16.6 Å². The molecule has 0 radical (unpaired) electrons. The van der Waals surface area contributed by atoms with Gasteiger partial charge in [-0.1, -0.05) is 12.1 Å². The van der Waals surface area contributed by atoms with Crippen LogP contribution < -0.4 is 10.0 Å². The molecule has 1 amide bonds. The molecule has 10 heteroatoms. The first-order chi connectivity index (χ1) is 14.9. The first kappa shape index (κ1) is 21.5. The molecule has 0 aliphatic heterocycles. The van der Waals surface area contributed by atoms with E-state index in [4.69, 9.17) is 0 Å². The minimum absolute atomic E-state index is 0.172. The summed E-state index contributed by atoms with van der Waals surface area (Å²) in [6.45, 7) is 3.45. The van der Waals surface area contributed by atoms with Gasteiger partial charge in [-0.05, 0) is 38.8 Å². The Balaban J connectivity index is 1.43. The highest BCUT2D eigenvalue weighted by molar-refractivity contribution is 7.87. The van der Waals surface area contributed by atoms with Crippen molar-refractivity contribution in [3.05, 3.63) is 53.4 Å². The fraction of sp³-hybridized carbons (Fsp3) is 0.333. The fourth-order valence-electron chi connectivity index (χ4n) is 2.81. The number of benzene rings is 1. The number of aliphatic hydroxyl groups is 1. The van der Waals surface area contributed by atoms with E-state index in [1.165, 1.54) is 17.5 Å². The number of carbonyl (C=O) groups excluding carboxylic acids is 1. The molecule has 1 unspecified atom stereocenters. The number of rotatable bonds is 8. The Kier molecular flexibility index (Phi) is 6.12. The van der Waals surface area contributed by atoms with E-state index in [0.717, 1.165) is 18.4 Å². The third-order valence-corrected chi connectivity index (χ3v) is 7.37. The molecule has 0 saturated heterocycles. The van der Waals surface area contributed by atoms with Gasteiger partial charge in [-0.25, -0.2) is 14.2 Å². The van der Waals surface area contributed by atoms with E-state index >= 15 is 0 Å². The molecule has 1 aliphatic rings. The Morgan fingerprint density at radius 2 is 1.97 bits per heavy atom. The van der Waals surface area contributed by atoms with Crippen molar-refractivity contribution in [2.24, 2.45) is 0 Å². The molecule has 1 aliphatic carbocycles. The third kappa shape index (κ3) is 4.97. The molecule has 2 heterocycles. The summed E-state index contributed by atoms with van der Waals surface area (Å²) in [5.41, 5.74) is 2.39. The normalized spacial score (nSPS) is 14.8. The van der Waals surface area contributed by atoms with Crippen molar-refractivity contribution in [1.29, 1.82) is 0 Å². The van der Waals surface area contributed by atoms with Crippen molar-refractivity contribution < 1.29 is 14.1 Å². The van der Waals surface area contributed by atoms with Crippen LogP contribution in [0.25, 0.3) is 11.3 Å². The molecule has 1 saturated carbocycles. The second kappa shape index (κ2) is 8.81. The van der Waals surface area contributed by atoms with E-state index in [0.29, 0.717) is 27.9 Å². The second-order valence-electron chi connectivity index (χ2n) is 7.85. The van der Waals surface area contributed by atoms with Gasteiger partial charge < -0.3 is 10.4 Å². The van der Waals surface area contributed by atoms with Crippen LogP contribution in [0.5, 0.6) is 0 Å². The van der Waals surface area contributed by atoms with Gasteiger partial charge in [0.1, 0.15) is 11.0 Å². The van der Waals surface area contributed by atoms with E-state index in [1.807, 2.05) is 31.4 Å². The van der Waals surface area contributed by atoms with Crippen molar-refractivity contribution in [1.82, 2.24) is 15.0 Å². The molecule has 31 heavy (non-hydrogen) atoms. The third-order valence-electron chi connectivity index (χ3n) is 5.01. The van der Waals surface area contributed by atoms with Crippen LogP contribution in [0.15, 0.2) is 42.0 Å². The van der Waals surface area contributed by atoms with Crippen molar-refractivity contribution in [2.75, 3.05) is 10.0 Å². The Hall–Kier alpha value is -2.69. The summed E-state index contributed by atoms with van der Waals surface area (Å²) in [6.07, 6.45) is 5.09. The summed E-state index contributed by atoms with van der Waals surface area (Å²) in [4.78, 5) is 25.8. The minimum Gasteiger partial charge on any atom is -0.390 e. The lowest BCUT2D eigenvalue weighted by Crippen LogP contribution is -2.35. The molecular formula is C21H23N5O3S2. The monoisotopic (exact) mass is 457 g/mol. The lowest BCUT2D eigenvalue weighted by molar-refractivity contribution is -0.120. The van der Waals surface area contributed by atoms with E-state index in [-0.39, 0.29) is 17.8 Å². The molecule has 1 atom stereocenters. The summed E-state index contributed by atoms with van der Waals surface area (Å²) in [5.74, 6) is -0.192. The first-order valence-electron chi connectivity index (χ1n) is 9.83. The van der Waals surface area contributed by atoms with Crippen molar-refractivity contribution in [3.63, 3.8) is 0 Å². The average Bonchev–Trinajstić information content (AvgIpc) is 3.53. The van der Waals surface area contributed by atoms with Gasteiger partial charge in [0.2, 0.25) is 5.91 Å². The van der Waals surface area contributed by atoms with Gasteiger partial charge >= 0.3 is 0 Å². The van der Waals surface area contributed by atoms with E-state index < -0.39 is 16.4 Å². The fourth-order valence-corrected chi connectivity index (χ4v) is 4.92. The standard InChI is InChI=1S/C21H23N5O3S2/c1-21(2,18-12-30-20(25-18)26-31(29)16-7-8-16)19(28)24-14-5-3-13(4-6-14)17-10-22-9-15(11-27)23-17/h3-6,9-10,12,16,27H,7-8,11H2,1-2H3,(H,24,28)(H,25,26). The summed E-state index contributed by atoms with van der Waals surface area (Å²) in [6, 6.07) is 7.27. The summed E-state index contributed by atoms with van der Waals surface area (Å²) in [7, 11) is -1.11. The number of aliphatic hydroxyl groups excluding tert-OH is 1. The van der Waals surface area contributed by atoms with Crippen LogP contribution in [0.2, 0.25) is 0 Å². The highest BCUT2D eigenvalue weighted by atomic mass is 32.2. The zero-order valence-corrected chi connectivity index (χ0v) is 18.8.